The molecule has 0 fully saturated rings. The molecule has 0 aromatic heterocycles. The molecule has 0 heterocycles. The van der Waals surface area contributed by atoms with E-state index in [0.29, 0.717) is 0 Å². The minimum atomic E-state index is -0.201. The Morgan fingerprint density at radius 3 is 1.92 bits per heavy atom. The standard InChI is InChI=1S/C5H10ClNO.C3H9N/c1-3-5(6)7-4(2)8;1-4(2)3/h5H,3H2,1-2H3,(H,7,8);1-3H3. The maximum absolute atomic E-state index is 10.2. The third-order valence-electron chi connectivity index (χ3n) is 0.718. The van der Waals surface area contributed by atoms with E-state index in [1.807, 2.05) is 33.0 Å². The van der Waals surface area contributed by atoms with E-state index in [4.69, 9.17) is 11.6 Å². The van der Waals surface area contributed by atoms with E-state index in [-0.39, 0.29) is 11.4 Å². The predicted octanol–water partition coefficient (Wildman–Crippen LogP) is 1.28. The first kappa shape index (κ1) is 14.3. The molecule has 0 bridgehead atoms. The highest BCUT2D eigenvalue weighted by Crippen LogP contribution is 1.94. The summed E-state index contributed by atoms with van der Waals surface area (Å²) in [6.45, 7) is 3.36. The molecule has 1 atom stereocenters. The zero-order valence-electron chi connectivity index (χ0n) is 8.52. The van der Waals surface area contributed by atoms with Gasteiger partial charge in [-0.15, -0.1) is 0 Å². The van der Waals surface area contributed by atoms with Gasteiger partial charge < -0.3 is 10.2 Å². The van der Waals surface area contributed by atoms with E-state index in [0.717, 1.165) is 6.42 Å². The summed E-state index contributed by atoms with van der Waals surface area (Å²) in [4.78, 5) is 12.2. The van der Waals surface area contributed by atoms with Gasteiger partial charge in [0.2, 0.25) is 5.91 Å². The van der Waals surface area contributed by atoms with Crippen LogP contribution in [0.5, 0.6) is 0 Å². The third kappa shape index (κ3) is 22.6. The van der Waals surface area contributed by atoms with Crippen LogP contribution in [-0.4, -0.2) is 37.5 Å². The highest BCUT2D eigenvalue weighted by Gasteiger charge is 1.99. The number of alkyl halides is 1. The lowest BCUT2D eigenvalue weighted by atomic mass is 10.5. The van der Waals surface area contributed by atoms with Gasteiger partial charge in [0, 0.05) is 6.92 Å². The first-order chi connectivity index (χ1) is 5.40. The minimum Gasteiger partial charge on any atom is -0.340 e. The molecule has 1 unspecified atom stereocenters. The molecule has 0 saturated heterocycles. The second-order valence-corrected chi connectivity index (χ2v) is 3.44. The molecule has 0 aliphatic rings. The van der Waals surface area contributed by atoms with Gasteiger partial charge in [-0.2, -0.15) is 0 Å². The van der Waals surface area contributed by atoms with Crippen LogP contribution >= 0.6 is 11.6 Å². The lowest BCUT2D eigenvalue weighted by Gasteiger charge is -2.04. The molecule has 0 saturated carbocycles. The fourth-order valence-electron chi connectivity index (χ4n) is 0.323. The van der Waals surface area contributed by atoms with Crippen LogP contribution in [0, 0.1) is 0 Å². The van der Waals surface area contributed by atoms with E-state index in [2.05, 4.69) is 5.32 Å². The van der Waals surface area contributed by atoms with Gasteiger partial charge in [-0.3, -0.25) is 4.79 Å². The average Bonchev–Trinajstić information content (AvgIpc) is 1.84. The van der Waals surface area contributed by atoms with Gasteiger partial charge in [0.05, 0.1) is 0 Å². The fraction of sp³-hybridized carbons (Fsp3) is 0.875. The molecule has 0 aliphatic carbocycles. The first-order valence-corrected chi connectivity index (χ1v) is 4.35. The molecular formula is C8H19ClN2O. The molecule has 4 heteroatoms. The lowest BCUT2D eigenvalue weighted by molar-refractivity contribution is -0.119. The summed E-state index contributed by atoms with van der Waals surface area (Å²) in [5.41, 5.74) is -0.201. The number of carbonyl (C=O) groups is 1. The molecule has 0 spiro atoms. The van der Waals surface area contributed by atoms with Crippen LogP contribution in [0.15, 0.2) is 0 Å². The number of nitrogens with one attached hydrogen (secondary N) is 1. The zero-order valence-corrected chi connectivity index (χ0v) is 9.27. The van der Waals surface area contributed by atoms with E-state index >= 15 is 0 Å². The maximum Gasteiger partial charge on any atom is 0.218 e. The summed E-state index contributed by atoms with van der Waals surface area (Å²) in [5.74, 6) is -0.0770. The molecule has 0 radical (unpaired) electrons. The van der Waals surface area contributed by atoms with Crippen molar-refractivity contribution in [2.24, 2.45) is 0 Å². The molecule has 0 aliphatic heterocycles. The van der Waals surface area contributed by atoms with Crippen molar-refractivity contribution in [2.45, 2.75) is 25.8 Å². The molecule has 0 aromatic rings. The van der Waals surface area contributed by atoms with Crippen LogP contribution in [0.25, 0.3) is 0 Å². The number of hydrogen-bond donors (Lipinski definition) is 1. The summed E-state index contributed by atoms with van der Waals surface area (Å²) in [6.07, 6.45) is 0.765. The topological polar surface area (TPSA) is 32.3 Å². The predicted molar refractivity (Wildman–Crippen MR) is 53.4 cm³/mol. The van der Waals surface area contributed by atoms with Gasteiger partial charge in [0.15, 0.2) is 0 Å². The number of rotatable bonds is 2. The first-order valence-electron chi connectivity index (χ1n) is 3.92. The normalized spacial score (nSPS) is 11.6. The Kier molecular flexibility index (Phi) is 10.5. The molecule has 0 aromatic carbocycles. The largest absolute Gasteiger partial charge is 0.340 e. The monoisotopic (exact) mass is 194 g/mol. The third-order valence-corrected chi connectivity index (χ3v) is 1.14. The Morgan fingerprint density at radius 1 is 1.50 bits per heavy atom. The number of halogens is 1. The Morgan fingerprint density at radius 2 is 1.83 bits per heavy atom. The number of carbonyl (C=O) groups excluding carboxylic acids is 1. The Balaban J connectivity index is 0. The van der Waals surface area contributed by atoms with Gasteiger partial charge >= 0.3 is 0 Å². The SMILES string of the molecule is CCC(Cl)NC(C)=O.CN(C)C. The zero-order chi connectivity index (χ0) is 10.1. The van der Waals surface area contributed by atoms with Crippen LogP contribution < -0.4 is 5.32 Å². The van der Waals surface area contributed by atoms with Crippen molar-refractivity contribution in [2.75, 3.05) is 21.1 Å². The number of amides is 1. The van der Waals surface area contributed by atoms with E-state index in [9.17, 15) is 4.79 Å². The lowest BCUT2D eigenvalue weighted by Crippen LogP contribution is -2.27. The Hall–Kier alpha value is -0.280. The molecule has 0 rings (SSSR count). The highest BCUT2D eigenvalue weighted by atomic mass is 35.5. The van der Waals surface area contributed by atoms with Crippen molar-refractivity contribution in [3.05, 3.63) is 0 Å². The molecule has 3 nitrogen and oxygen atoms in total. The van der Waals surface area contributed by atoms with Crippen LogP contribution in [0.3, 0.4) is 0 Å². The van der Waals surface area contributed by atoms with Gasteiger partial charge in [-0.05, 0) is 27.6 Å². The minimum absolute atomic E-state index is 0.0770. The van der Waals surface area contributed by atoms with Crippen LogP contribution in [0.1, 0.15) is 20.3 Å². The van der Waals surface area contributed by atoms with Crippen molar-refractivity contribution >= 4 is 17.5 Å². The van der Waals surface area contributed by atoms with Crippen molar-refractivity contribution < 1.29 is 4.79 Å². The molecule has 12 heavy (non-hydrogen) atoms. The van der Waals surface area contributed by atoms with Gasteiger partial charge in [-0.25, -0.2) is 0 Å². The number of nitrogens with zero attached hydrogens (tertiary/aromatic N) is 1. The van der Waals surface area contributed by atoms with Crippen LogP contribution in [0.4, 0.5) is 0 Å². The Bertz CT molecular complexity index is 115. The van der Waals surface area contributed by atoms with Gasteiger partial charge in [0.25, 0.3) is 0 Å². The van der Waals surface area contributed by atoms with Gasteiger partial charge in [-0.1, -0.05) is 18.5 Å². The Labute approximate surface area is 80.1 Å². The smallest absolute Gasteiger partial charge is 0.218 e. The van der Waals surface area contributed by atoms with E-state index < -0.39 is 0 Å². The van der Waals surface area contributed by atoms with Crippen molar-refractivity contribution in [1.29, 1.82) is 0 Å². The molecular weight excluding hydrogens is 176 g/mol. The maximum atomic E-state index is 10.2. The highest BCUT2D eigenvalue weighted by molar-refractivity contribution is 6.21. The van der Waals surface area contributed by atoms with E-state index in [1.54, 1.807) is 0 Å². The molecule has 1 amide bonds. The summed E-state index contributed by atoms with van der Waals surface area (Å²) in [7, 11) is 6.00. The second kappa shape index (κ2) is 8.81. The van der Waals surface area contributed by atoms with Crippen molar-refractivity contribution in [3.63, 3.8) is 0 Å². The van der Waals surface area contributed by atoms with E-state index in [1.165, 1.54) is 6.92 Å². The van der Waals surface area contributed by atoms with Crippen LogP contribution in [0.2, 0.25) is 0 Å². The summed E-state index contributed by atoms with van der Waals surface area (Å²) >= 11 is 5.53. The quantitative estimate of drug-likeness (QED) is 0.531. The molecule has 1 N–H and O–H groups in total. The summed E-state index contributed by atoms with van der Waals surface area (Å²) < 4.78 is 0. The van der Waals surface area contributed by atoms with Crippen LogP contribution in [-0.2, 0) is 4.79 Å². The molecule has 74 valence electrons. The summed E-state index contributed by atoms with van der Waals surface area (Å²) in [6, 6.07) is 0. The second-order valence-electron chi connectivity index (χ2n) is 2.92. The van der Waals surface area contributed by atoms with Crippen molar-refractivity contribution in [3.8, 4) is 0 Å². The average molecular weight is 195 g/mol. The van der Waals surface area contributed by atoms with Crippen molar-refractivity contribution in [1.82, 2.24) is 10.2 Å². The fourth-order valence-corrected chi connectivity index (χ4v) is 0.476. The number of hydrogen-bond acceptors (Lipinski definition) is 2. The summed E-state index contributed by atoms with van der Waals surface area (Å²) in [5, 5.41) is 2.52. The van der Waals surface area contributed by atoms with Gasteiger partial charge in [0.1, 0.15) is 5.50 Å².